The minimum absolute atomic E-state index is 0.187. The quantitative estimate of drug-likeness (QED) is 0.468. The lowest BCUT2D eigenvalue weighted by molar-refractivity contribution is -0.143. The van der Waals surface area contributed by atoms with Gasteiger partial charge in [0.2, 0.25) is 0 Å². The summed E-state index contributed by atoms with van der Waals surface area (Å²) in [5.74, 6) is -0.615. The molecule has 1 atom stereocenters. The Balaban J connectivity index is 2.84. The number of ether oxygens (including phenoxy) is 1. The molecule has 0 aliphatic carbocycles. The van der Waals surface area contributed by atoms with Gasteiger partial charge in [0, 0.05) is 5.41 Å². The molecule has 0 spiro atoms. The third-order valence-corrected chi connectivity index (χ3v) is 2.32. The molecule has 5 nitrogen and oxygen atoms in total. The second-order valence-electron chi connectivity index (χ2n) is 3.78. The van der Waals surface area contributed by atoms with E-state index in [0.717, 1.165) is 6.26 Å². The van der Waals surface area contributed by atoms with E-state index < -0.39 is 27.6 Å². The van der Waals surface area contributed by atoms with Gasteiger partial charge in [-0.1, -0.05) is 13.8 Å². The number of rotatable bonds is 2. The number of esters is 1. The molecule has 0 aromatic heterocycles. The monoisotopic (exact) mass is 208 g/mol. The second-order valence-corrected chi connectivity index (χ2v) is 5.38. The van der Waals surface area contributed by atoms with E-state index in [9.17, 15) is 13.2 Å². The summed E-state index contributed by atoms with van der Waals surface area (Å²) in [6, 6.07) is 0. The van der Waals surface area contributed by atoms with Gasteiger partial charge in [-0.3, -0.25) is 4.18 Å². The molecule has 0 saturated carbocycles. The molecular weight excluding hydrogens is 196 g/mol. The molecule has 0 amide bonds. The van der Waals surface area contributed by atoms with Crippen LogP contribution in [0.2, 0.25) is 0 Å². The Morgan fingerprint density at radius 3 is 2.38 bits per heavy atom. The van der Waals surface area contributed by atoms with Crippen molar-refractivity contribution in [3.63, 3.8) is 0 Å². The van der Waals surface area contributed by atoms with Crippen molar-refractivity contribution in [1.82, 2.24) is 0 Å². The predicted molar refractivity (Wildman–Crippen MR) is 44.5 cm³/mol. The lowest BCUT2D eigenvalue weighted by atomic mass is 9.90. The number of hydrogen-bond donors (Lipinski definition) is 0. The Kier molecular flexibility index (Phi) is 2.38. The lowest BCUT2D eigenvalue weighted by Crippen LogP contribution is -2.34. The van der Waals surface area contributed by atoms with E-state index in [-0.39, 0.29) is 6.61 Å². The molecule has 0 radical (unpaired) electrons. The van der Waals surface area contributed by atoms with Gasteiger partial charge in [0.05, 0.1) is 12.9 Å². The first-order valence-corrected chi connectivity index (χ1v) is 5.59. The van der Waals surface area contributed by atoms with Crippen LogP contribution < -0.4 is 0 Å². The first-order valence-electron chi connectivity index (χ1n) is 3.77. The van der Waals surface area contributed by atoms with Crippen molar-refractivity contribution in [2.45, 2.75) is 20.0 Å². The zero-order valence-electron chi connectivity index (χ0n) is 7.73. The highest BCUT2D eigenvalue weighted by Crippen LogP contribution is 2.31. The van der Waals surface area contributed by atoms with Gasteiger partial charge in [0.25, 0.3) is 10.1 Å². The maximum atomic E-state index is 11.1. The fourth-order valence-electron chi connectivity index (χ4n) is 1.07. The smallest absolute Gasteiger partial charge is 0.337 e. The molecule has 1 unspecified atom stereocenters. The predicted octanol–water partition coefficient (Wildman–Crippen LogP) is -0.0858. The normalized spacial score (nSPS) is 27.3. The van der Waals surface area contributed by atoms with Gasteiger partial charge in [0.1, 0.15) is 0 Å². The molecule has 1 aliphatic heterocycles. The van der Waals surface area contributed by atoms with Crippen molar-refractivity contribution < 1.29 is 22.1 Å². The molecule has 76 valence electrons. The van der Waals surface area contributed by atoms with Crippen LogP contribution in [0.5, 0.6) is 0 Å². The average Bonchev–Trinajstić information content (AvgIpc) is 2.13. The third-order valence-electron chi connectivity index (χ3n) is 1.78. The first-order chi connectivity index (χ1) is 5.72. The molecule has 1 fully saturated rings. The largest absolute Gasteiger partial charge is 0.463 e. The minimum Gasteiger partial charge on any atom is -0.463 e. The zero-order chi connectivity index (χ0) is 10.3. The fourth-order valence-corrected chi connectivity index (χ4v) is 1.76. The summed E-state index contributed by atoms with van der Waals surface area (Å²) in [5, 5.41) is 0. The van der Waals surface area contributed by atoms with E-state index in [2.05, 4.69) is 4.18 Å². The van der Waals surface area contributed by atoms with Crippen LogP contribution in [0.3, 0.4) is 0 Å². The van der Waals surface area contributed by atoms with E-state index in [0.29, 0.717) is 0 Å². The highest BCUT2D eigenvalue weighted by molar-refractivity contribution is 7.86. The van der Waals surface area contributed by atoms with Gasteiger partial charge in [0.15, 0.2) is 6.10 Å². The minimum atomic E-state index is -3.61. The summed E-state index contributed by atoms with van der Waals surface area (Å²) < 4.78 is 30.9. The second kappa shape index (κ2) is 2.95. The summed E-state index contributed by atoms with van der Waals surface area (Å²) in [6.07, 6.45) is -0.100. The van der Waals surface area contributed by atoms with Gasteiger partial charge in [-0.25, -0.2) is 4.79 Å². The standard InChI is InChI=1S/C7H12O5S/c1-7(2)4-11-6(8)5(7)12-13(3,9)10/h5H,4H2,1-3H3. The molecule has 0 bridgehead atoms. The van der Waals surface area contributed by atoms with Crippen LogP contribution in [-0.4, -0.2) is 33.4 Å². The van der Waals surface area contributed by atoms with Gasteiger partial charge in [-0.2, -0.15) is 8.42 Å². The van der Waals surface area contributed by atoms with Crippen molar-refractivity contribution in [3.05, 3.63) is 0 Å². The third kappa shape index (κ3) is 2.41. The van der Waals surface area contributed by atoms with Crippen molar-refractivity contribution in [3.8, 4) is 0 Å². The number of carbonyl (C=O) groups is 1. The summed E-state index contributed by atoms with van der Waals surface area (Å²) in [6.45, 7) is 3.62. The van der Waals surface area contributed by atoms with Gasteiger partial charge in [-0.15, -0.1) is 0 Å². The van der Waals surface area contributed by atoms with E-state index in [1.807, 2.05) is 0 Å². The number of hydrogen-bond acceptors (Lipinski definition) is 5. The highest BCUT2D eigenvalue weighted by Gasteiger charge is 2.46. The zero-order valence-corrected chi connectivity index (χ0v) is 8.55. The van der Waals surface area contributed by atoms with Gasteiger partial charge in [-0.05, 0) is 0 Å². The molecule has 0 aromatic carbocycles. The van der Waals surface area contributed by atoms with Crippen molar-refractivity contribution >= 4 is 16.1 Å². The van der Waals surface area contributed by atoms with E-state index in [1.54, 1.807) is 13.8 Å². The molecular formula is C7H12O5S. The van der Waals surface area contributed by atoms with Crippen LogP contribution in [0.15, 0.2) is 0 Å². The fraction of sp³-hybridized carbons (Fsp3) is 0.857. The maximum absolute atomic E-state index is 11.1. The summed E-state index contributed by atoms with van der Waals surface area (Å²) in [7, 11) is -3.61. The van der Waals surface area contributed by atoms with Crippen molar-refractivity contribution in [2.24, 2.45) is 5.41 Å². The molecule has 1 heterocycles. The van der Waals surface area contributed by atoms with Crippen LogP contribution in [0.25, 0.3) is 0 Å². The Morgan fingerprint density at radius 2 is 2.08 bits per heavy atom. The Hall–Kier alpha value is -0.620. The van der Waals surface area contributed by atoms with Crippen molar-refractivity contribution in [2.75, 3.05) is 12.9 Å². The van der Waals surface area contributed by atoms with E-state index in [4.69, 9.17) is 4.74 Å². The van der Waals surface area contributed by atoms with Gasteiger partial charge >= 0.3 is 5.97 Å². The highest BCUT2D eigenvalue weighted by atomic mass is 32.2. The van der Waals surface area contributed by atoms with Crippen LogP contribution in [0.1, 0.15) is 13.8 Å². The molecule has 13 heavy (non-hydrogen) atoms. The van der Waals surface area contributed by atoms with E-state index >= 15 is 0 Å². The number of carbonyl (C=O) groups excluding carboxylic acids is 1. The van der Waals surface area contributed by atoms with Crippen LogP contribution in [0, 0.1) is 5.41 Å². The van der Waals surface area contributed by atoms with E-state index in [1.165, 1.54) is 0 Å². The van der Waals surface area contributed by atoms with Crippen LogP contribution in [0.4, 0.5) is 0 Å². The van der Waals surface area contributed by atoms with Crippen LogP contribution in [-0.2, 0) is 23.8 Å². The molecule has 0 aromatic rings. The topological polar surface area (TPSA) is 69.7 Å². The first kappa shape index (κ1) is 10.5. The Bertz CT molecular complexity index is 316. The molecule has 0 N–H and O–H groups in total. The van der Waals surface area contributed by atoms with Crippen LogP contribution >= 0.6 is 0 Å². The Morgan fingerprint density at radius 1 is 1.54 bits per heavy atom. The SMILES string of the molecule is CC1(C)COC(=O)C1OS(C)(=O)=O. The Labute approximate surface area is 77.1 Å². The molecule has 6 heteroatoms. The molecule has 1 rings (SSSR count). The number of cyclic esters (lactones) is 1. The molecule has 1 saturated heterocycles. The van der Waals surface area contributed by atoms with Gasteiger partial charge < -0.3 is 4.74 Å². The average molecular weight is 208 g/mol. The maximum Gasteiger partial charge on any atom is 0.337 e. The molecule has 1 aliphatic rings. The summed E-state index contributed by atoms with van der Waals surface area (Å²) in [5.41, 5.74) is -0.583. The summed E-state index contributed by atoms with van der Waals surface area (Å²) in [4.78, 5) is 11.1. The van der Waals surface area contributed by atoms with Crippen molar-refractivity contribution in [1.29, 1.82) is 0 Å². The lowest BCUT2D eigenvalue weighted by Gasteiger charge is -2.20. The summed E-state index contributed by atoms with van der Waals surface area (Å²) >= 11 is 0.